The number of nitrogens with zero attached hydrogens (tertiary/aromatic N) is 3. The first-order valence-corrected chi connectivity index (χ1v) is 9.67. The van der Waals surface area contributed by atoms with Crippen LogP contribution in [0.1, 0.15) is 13.8 Å². The SMILES string of the molecule is CCN(CC)C(=O)n1ccc(S(=O)(=O)c2cc(OC)cc(OC)c2Cl)n1. The molecular formula is C16H20ClN3O5S. The molecule has 0 N–H and O–H groups in total. The number of ether oxygens (including phenoxy) is 2. The Hall–Kier alpha value is -2.26. The molecule has 1 aromatic carbocycles. The van der Waals surface area contributed by atoms with E-state index < -0.39 is 15.9 Å². The number of benzene rings is 1. The molecule has 0 saturated carbocycles. The van der Waals surface area contributed by atoms with Gasteiger partial charge < -0.3 is 14.4 Å². The predicted molar refractivity (Wildman–Crippen MR) is 95.9 cm³/mol. The average molecular weight is 402 g/mol. The number of sulfone groups is 1. The van der Waals surface area contributed by atoms with E-state index in [1.165, 1.54) is 43.5 Å². The summed E-state index contributed by atoms with van der Waals surface area (Å²) in [6, 6.07) is 3.60. The Morgan fingerprint density at radius 3 is 2.42 bits per heavy atom. The summed E-state index contributed by atoms with van der Waals surface area (Å²) in [6.45, 7) is 4.61. The summed E-state index contributed by atoms with van der Waals surface area (Å²) in [5, 5.41) is 3.54. The Kier molecular flexibility index (Phi) is 6.14. The van der Waals surface area contributed by atoms with Crippen LogP contribution < -0.4 is 9.47 Å². The molecule has 8 nitrogen and oxygen atoms in total. The van der Waals surface area contributed by atoms with Crippen LogP contribution in [0.3, 0.4) is 0 Å². The van der Waals surface area contributed by atoms with Crippen LogP contribution >= 0.6 is 11.6 Å². The Morgan fingerprint density at radius 1 is 1.23 bits per heavy atom. The zero-order valence-corrected chi connectivity index (χ0v) is 16.5. The molecule has 10 heteroatoms. The van der Waals surface area contributed by atoms with Crippen molar-refractivity contribution in [2.24, 2.45) is 0 Å². The van der Waals surface area contributed by atoms with Crippen LogP contribution in [0.4, 0.5) is 4.79 Å². The molecular weight excluding hydrogens is 382 g/mol. The summed E-state index contributed by atoms with van der Waals surface area (Å²) in [5.41, 5.74) is 0. The van der Waals surface area contributed by atoms with Crippen molar-refractivity contribution in [2.75, 3.05) is 27.3 Å². The first-order valence-electron chi connectivity index (χ1n) is 7.81. The van der Waals surface area contributed by atoms with E-state index in [0.717, 1.165) is 4.68 Å². The van der Waals surface area contributed by atoms with Gasteiger partial charge in [0.25, 0.3) is 0 Å². The van der Waals surface area contributed by atoms with Gasteiger partial charge in [0.1, 0.15) is 16.5 Å². The maximum Gasteiger partial charge on any atom is 0.344 e. The lowest BCUT2D eigenvalue weighted by molar-refractivity contribution is 0.201. The van der Waals surface area contributed by atoms with Gasteiger partial charge in [0, 0.05) is 31.4 Å². The molecule has 26 heavy (non-hydrogen) atoms. The number of carbonyl (C=O) groups is 1. The lowest BCUT2D eigenvalue weighted by Gasteiger charge is -2.17. The fourth-order valence-electron chi connectivity index (χ4n) is 2.32. The molecule has 0 radical (unpaired) electrons. The molecule has 1 aromatic heterocycles. The van der Waals surface area contributed by atoms with Gasteiger partial charge in [-0.15, -0.1) is 0 Å². The molecule has 2 rings (SSSR count). The summed E-state index contributed by atoms with van der Waals surface area (Å²) < 4.78 is 37.1. The highest BCUT2D eigenvalue weighted by atomic mass is 35.5. The Labute approximate surface area is 157 Å². The second-order valence-electron chi connectivity index (χ2n) is 5.20. The van der Waals surface area contributed by atoms with Crippen molar-refractivity contribution in [3.05, 3.63) is 29.4 Å². The monoisotopic (exact) mass is 401 g/mol. The maximum atomic E-state index is 12.9. The van der Waals surface area contributed by atoms with Crippen LogP contribution in [0.2, 0.25) is 5.02 Å². The quantitative estimate of drug-likeness (QED) is 0.739. The smallest absolute Gasteiger partial charge is 0.344 e. The van der Waals surface area contributed by atoms with E-state index in [0.29, 0.717) is 13.1 Å². The summed E-state index contributed by atoms with van der Waals surface area (Å²) >= 11 is 6.17. The van der Waals surface area contributed by atoms with Crippen molar-refractivity contribution in [3.63, 3.8) is 0 Å². The van der Waals surface area contributed by atoms with Gasteiger partial charge in [-0.3, -0.25) is 0 Å². The number of rotatable bonds is 6. The molecule has 0 aliphatic heterocycles. The maximum absolute atomic E-state index is 12.9. The van der Waals surface area contributed by atoms with E-state index in [9.17, 15) is 13.2 Å². The molecule has 0 unspecified atom stereocenters. The summed E-state index contributed by atoms with van der Waals surface area (Å²) in [7, 11) is -1.31. The van der Waals surface area contributed by atoms with Crippen molar-refractivity contribution < 1.29 is 22.7 Å². The van der Waals surface area contributed by atoms with Crippen molar-refractivity contribution in [3.8, 4) is 11.5 Å². The number of carbonyl (C=O) groups excluding carboxylic acids is 1. The first-order chi connectivity index (χ1) is 12.3. The van der Waals surface area contributed by atoms with Crippen molar-refractivity contribution >= 4 is 27.5 Å². The van der Waals surface area contributed by atoms with Crippen LogP contribution in [0.15, 0.2) is 34.3 Å². The molecule has 2 aromatic rings. The van der Waals surface area contributed by atoms with Crippen molar-refractivity contribution in [1.29, 1.82) is 0 Å². The number of hydrogen-bond donors (Lipinski definition) is 0. The fourth-order valence-corrected chi connectivity index (χ4v) is 4.08. The van der Waals surface area contributed by atoms with E-state index in [2.05, 4.69) is 5.10 Å². The van der Waals surface area contributed by atoms with Gasteiger partial charge in [-0.05, 0) is 19.9 Å². The average Bonchev–Trinajstić information content (AvgIpc) is 3.13. The molecule has 0 saturated heterocycles. The fraction of sp³-hybridized carbons (Fsp3) is 0.375. The van der Waals surface area contributed by atoms with Crippen molar-refractivity contribution in [1.82, 2.24) is 14.7 Å². The zero-order chi connectivity index (χ0) is 19.5. The number of hydrogen-bond acceptors (Lipinski definition) is 6. The topological polar surface area (TPSA) is 90.7 Å². The highest BCUT2D eigenvalue weighted by Crippen LogP contribution is 2.37. The van der Waals surface area contributed by atoms with Crippen LogP contribution in [0.5, 0.6) is 11.5 Å². The number of amides is 1. The summed E-state index contributed by atoms with van der Waals surface area (Å²) in [5.74, 6) is 0.423. The van der Waals surface area contributed by atoms with E-state index in [-0.39, 0.29) is 26.4 Å². The Morgan fingerprint density at radius 2 is 1.88 bits per heavy atom. The third kappa shape index (κ3) is 3.63. The molecule has 0 atom stereocenters. The lowest BCUT2D eigenvalue weighted by atomic mass is 10.3. The van der Waals surface area contributed by atoms with Crippen LogP contribution in [-0.4, -0.2) is 56.4 Å². The van der Waals surface area contributed by atoms with Gasteiger partial charge in [0.2, 0.25) is 9.84 Å². The summed E-state index contributed by atoms with van der Waals surface area (Å²) in [4.78, 5) is 13.6. The Balaban J connectivity index is 2.51. The van der Waals surface area contributed by atoms with Gasteiger partial charge >= 0.3 is 6.03 Å². The highest BCUT2D eigenvalue weighted by Gasteiger charge is 2.28. The molecule has 0 fully saturated rings. The molecule has 0 spiro atoms. The minimum atomic E-state index is -4.08. The van der Waals surface area contributed by atoms with Gasteiger partial charge in [-0.25, -0.2) is 13.2 Å². The number of halogens is 1. The number of methoxy groups -OCH3 is 2. The molecule has 1 amide bonds. The minimum Gasteiger partial charge on any atom is -0.497 e. The van der Waals surface area contributed by atoms with E-state index in [1.807, 2.05) is 13.8 Å². The zero-order valence-electron chi connectivity index (χ0n) is 14.9. The van der Waals surface area contributed by atoms with Gasteiger partial charge in [0.05, 0.1) is 19.1 Å². The largest absolute Gasteiger partial charge is 0.497 e. The van der Waals surface area contributed by atoms with Crippen LogP contribution in [0.25, 0.3) is 0 Å². The second kappa shape index (κ2) is 7.96. The predicted octanol–water partition coefficient (Wildman–Crippen LogP) is 2.70. The van der Waals surface area contributed by atoms with E-state index in [4.69, 9.17) is 21.1 Å². The van der Waals surface area contributed by atoms with Gasteiger partial charge in [-0.2, -0.15) is 9.78 Å². The molecule has 0 bridgehead atoms. The van der Waals surface area contributed by atoms with E-state index in [1.54, 1.807) is 0 Å². The number of aromatic nitrogens is 2. The normalized spacial score (nSPS) is 11.3. The van der Waals surface area contributed by atoms with Gasteiger partial charge in [-0.1, -0.05) is 11.6 Å². The van der Waals surface area contributed by atoms with Crippen LogP contribution in [-0.2, 0) is 9.84 Å². The highest BCUT2D eigenvalue weighted by molar-refractivity contribution is 7.91. The summed E-state index contributed by atoms with van der Waals surface area (Å²) in [6.07, 6.45) is 1.30. The third-order valence-corrected chi connectivity index (χ3v) is 5.97. The lowest BCUT2D eigenvalue weighted by Crippen LogP contribution is -2.34. The molecule has 0 aliphatic rings. The minimum absolute atomic E-state index is 0.0853. The van der Waals surface area contributed by atoms with Crippen molar-refractivity contribution in [2.45, 2.75) is 23.8 Å². The molecule has 1 heterocycles. The third-order valence-electron chi connectivity index (χ3n) is 3.79. The standard InChI is InChI=1S/C16H20ClN3O5S/c1-5-19(6-2)16(21)20-8-7-14(18-20)26(22,23)13-10-11(24-3)9-12(25-4)15(13)17/h7-10H,5-6H2,1-4H3. The molecule has 142 valence electrons. The second-order valence-corrected chi connectivity index (χ2v) is 7.44. The molecule has 0 aliphatic carbocycles. The van der Waals surface area contributed by atoms with E-state index >= 15 is 0 Å². The van der Waals surface area contributed by atoms with Gasteiger partial charge in [0.15, 0.2) is 5.03 Å². The Bertz CT molecular complexity index is 907. The first kappa shape index (κ1) is 20.1. The van der Waals surface area contributed by atoms with Crippen LogP contribution in [0, 0.1) is 0 Å².